The van der Waals surface area contributed by atoms with Crippen LogP contribution in [0.25, 0.3) is 0 Å². The first-order chi connectivity index (χ1) is 7.33. The molecule has 2 rings (SSSR count). The third-order valence-electron chi connectivity index (χ3n) is 2.82. The molecule has 1 aromatic heterocycles. The molecule has 1 fully saturated rings. The lowest BCUT2D eigenvalue weighted by Crippen LogP contribution is -2.20. The van der Waals surface area contributed by atoms with E-state index in [-0.39, 0.29) is 5.25 Å². The minimum absolute atomic E-state index is 0.239. The molecule has 0 radical (unpaired) electrons. The molecule has 0 bridgehead atoms. The Morgan fingerprint density at radius 2 is 2.40 bits per heavy atom. The standard InChI is InChI=1S/C12H16OS2/c1-2-9-6-8-15-12(9)11(13)10-5-3-4-7-14-10/h6,8,10H,2-5,7H2,1H3. The largest absolute Gasteiger partial charge is 0.292 e. The zero-order valence-corrected chi connectivity index (χ0v) is 10.6. The molecule has 0 spiro atoms. The van der Waals surface area contributed by atoms with Gasteiger partial charge in [-0.05, 0) is 42.0 Å². The van der Waals surface area contributed by atoms with Crippen molar-refractivity contribution in [1.82, 2.24) is 0 Å². The van der Waals surface area contributed by atoms with Crippen molar-refractivity contribution in [3.8, 4) is 0 Å². The van der Waals surface area contributed by atoms with Crippen molar-refractivity contribution in [2.24, 2.45) is 0 Å². The molecule has 1 saturated heterocycles. The van der Waals surface area contributed by atoms with Gasteiger partial charge in [-0.2, -0.15) is 11.8 Å². The average molecular weight is 240 g/mol. The Morgan fingerprint density at radius 1 is 1.53 bits per heavy atom. The van der Waals surface area contributed by atoms with Crippen molar-refractivity contribution < 1.29 is 4.79 Å². The van der Waals surface area contributed by atoms with Gasteiger partial charge in [0.1, 0.15) is 0 Å². The molecule has 0 aliphatic carbocycles. The van der Waals surface area contributed by atoms with Crippen molar-refractivity contribution in [1.29, 1.82) is 0 Å². The fourth-order valence-corrected chi connectivity index (χ4v) is 4.25. The van der Waals surface area contributed by atoms with Gasteiger partial charge in [-0.3, -0.25) is 4.79 Å². The highest BCUT2D eigenvalue weighted by Crippen LogP contribution is 2.30. The summed E-state index contributed by atoms with van der Waals surface area (Å²) < 4.78 is 0. The predicted molar refractivity (Wildman–Crippen MR) is 68.1 cm³/mol. The second kappa shape index (κ2) is 5.17. The molecular weight excluding hydrogens is 224 g/mol. The molecular formula is C12H16OS2. The lowest BCUT2D eigenvalue weighted by molar-refractivity contribution is 0.0988. The summed E-state index contributed by atoms with van der Waals surface area (Å²) in [7, 11) is 0. The highest BCUT2D eigenvalue weighted by atomic mass is 32.2. The SMILES string of the molecule is CCc1ccsc1C(=O)C1CCCCS1. The predicted octanol–water partition coefficient (Wildman–Crippen LogP) is 3.78. The third kappa shape index (κ3) is 2.45. The lowest BCUT2D eigenvalue weighted by Gasteiger charge is -2.19. The fraction of sp³-hybridized carbons (Fsp3) is 0.583. The maximum Gasteiger partial charge on any atom is 0.185 e. The normalized spacial score (nSPS) is 21.5. The number of rotatable bonds is 3. The van der Waals surface area contributed by atoms with E-state index in [0.29, 0.717) is 5.78 Å². The van der Waals surface area contributed by atoms with Crippen molar-refractivity contribution in [3.63, 3.8) is 0 Å². The number of thiophene rings is 1. The quantitative estimate of drug-likeness (QED) is 0.748. The van der Waals surface area contributed by atoms with Gasteiger partial charge in [0.25, 0.3) is 0 Å². The van der Waals surface area contributed by atoms with E-state index < -0.39 is 0 Å². The van der Waals surface area contributed by atoms with Crippen molar-refractivity contribution >= 4 is 28.9 Å². The van der Waals surface area contributed by atoms with Gasteiger partial charge in [0.05, 0.1) is 10.1 Å². The van der Waals surface area contributed by atoms with Crippen molar-refractivity contribution in [2.45, 2.75) is 37.9 Å². The molecule has 1 unspecified atom stereocenters. The zero-order valence-electron chi connectivity index (χ0n) is 8.99. The van der Waals surface area contributed by atoms with E-state index >= 15 is 0 Å². The van der Waals surface area contributed by atoms with Gasteiger partial charge in [-0.1, -0.05) is 13.3 Å². The second-order valence-corrected chi connectivity index (χ2v) is 6.07. The van der Waals surface area contributed by atoms with Crippen LogP contribution in [-0.2, 0) is 6.42 Å². The number of aryl methyl sites for hydroxylation is 1. The Kier molecular flexibility index (Phi) is 3.87. The first kappa shape index (κ1) is 11.2. The van der Waals surface area contributed by atoms with Crippen LogP contribution >= 0.6 is 23.1 Å². The third-order valence-corrected chi connectivity index (χ3v) is 5.17. The smallest absolute Gasteiger partial charge is 0.185 e. The minimum Gasteiger partial charge on any atom is -0.292 e. The second-order valence-electron chi connectivity index (χ2n) is 3.85. The zero-order chi connectivity index (χ0) is 10.7. The molecule has 2 heterocycles. The van der Waals surface area contributed by atoms with Gasteiger partial charge < -0.3 is 0 Å². The van der Waals surface area contributed by atoms with Crippen LogP contribution in [0.4, 0.5) is 0 Å². The fourth-order valence-electron chi connectivity index (χ4n) is 1.92. The molecule has 15 heavy (non-hydrogen) atoms. The maximum absolute atomic E-state index is 12.2. The summed E-state index contributed by atoms with van der Waals surface area (Å²) in [5, 5.41) is 2.28. The Morgan fingerprint density at radius 3 is 3.07 bits per heavy atom. The summed E-state index contributed by atoms with van der Waals surface area (Å²) >= 11 is 3.46. The number of Topliss-reactive ketones (excluding diaryl/α,β-unsaturated/α-hetero) is 1. The lowest BCUT2D eigenvalue weighted by atomic mass is 10.1. The van der Waals surface area contributed by atoms with Crippen molar-refractivity contribution in [3.05, 3.63) is 21.9 Å². The molecule has 1 nitrogen and oxygen atoms in total. The summed E-state index contributed by atoms with van der Waals surface area (Å²) in [5.74, 6) is 1.54. The molecule has 0 amide bonds. The van der Waals surface area contributed by atoms with Crippen LogP contribution in [0.2, 0.25) is 0 Å². The summed E-state index contributed by atoms with van der Waals surface area (Å²) in [6, 6.07) is 2.09. The number of carbonyl (C=O) groups is 1. The van der Waals surface area contributed by atoms with Gasteiger partial charge in [-0.15, -0.1) is 11.3 Å². The van der Waals surface area contributed by atoms with Gasteiger partial charge in [-0.25, -0.2) is 0 Å². The van der Waals surface area contributed by atoms with Gasteiger partial charge in [0.2, 0.25) is 0 Å². The number of hydrogen-bond acceptors (Lipinski definition) is 3. The summed E-state index contributed by atoms with van der Waals surface area (Å²) in [6.07, 6.45) is 4.54. The van der Waals surface area contributed by atoms with E-state index in [9.17, 15) is 4.79 Å². The Labute approximate surface area is 99.3 Å². The van der Waals surface area contributed by atoms with Gasteiger partial charge in [0.15, 0.2) is 5.78 Å². The average Bonchev–Trinajstić information content (AvgIpc) is 2.77. The molecule has 0 N–H and O–H groups in total. The topological polar surface area (TPSA) is 17.1 Å². The monoisotopic (exact) mass is 240 g/mol. The van der Waals surface area contributed by atoms with E-state index in [1.807, 2.05) is 17.1 Å². The molecule has 1 aliphatic rings. The van der Waals surface area contributed by atoms with Crippen LogP contribution in [0.3, 0.4) is 0 Å². The summed E-state index contributed by atoms with van der Waals surface area (Å²) in [4.78, 5) is 13.2. The maximum atomic E-state index is 12.2. The van der Waals surface area contributed by atoms with Crippen molar-refractivity contribution in [2.75, 3.05) is 5.75 Å². The Bertz CT molecular complexity index is 337. The highest BCUT2D eigenvalue weighted by molar-refractivity contribution is 8.00. The first-order valence-corrected chi connectivity index (χ1v) is 7.48. The first-order valence-electron chi connectivity index (χ1n) is 5.55. The summed E-state index contributed by atoms with van der Waals surface area (Å²) in [5.41, 5.74) is 1.23. The molecule has 3 heteroatoms. The molecule has 1 aliphatic heterocycles. The number of carbonyl (C=O) groups excluding carboxylic acids is 1. The van der Waals surface area contributed by atoms with Crippen LogP contribution < -0.4 is 0 Å². The molecule has 82 valence electrons. The Hall–Kier alpha value is -0.280. The Balaban J connectivity index is 2.12. The molecule has 1 aromatic rings. The van der Waals surface area contributed by atoms with E-state index in [2.05, 4.69) is 13.0 Å². The van der Waals surface area contributed by atoms with Gasteiger partial charge >= 0.3 is 0 Å². The number of ketones is 1. The van der Waals surface area contributed by atoms with E-state index in [4.69, 9.17) is 0 Å². The van der Waals surface area contributed by atoms with E-state index in [1.54, 1.807) is 11.3 Å². The molecule has 0 saturated carbocycles. The van der Waals surface area contributed by atoms with E-state index in [1.165, 1.54) is 18.4 Å². The van der Waals surface area contributed by atoms with Crippen LogP contribution in [0.1, 0.15) is 41.4 Å². The van der Waals surface area contributed by atoms with Crippen LogP contribution in [-0.4, -0.2) is 16.8 Å². The number of hydrogen-bond donors (Lipinski definition) is 0. The van der Waals surface area contributed by atoms with Crippen LogP contribution in [0.5, 0.6) is 0 Å². The highest BCUT2D eigenvalue weighted by Gasteiger charge is 2.25. The van der Waals surface area contributed by atoms with Crippen LogP contribution in [0.15, 0.2) is 11.4 Å². The minimum atomic E-state index is 0.239. The van der Waals surface area contributed by atoms with E-state index in [0.717, 1.165) is 23.5 Å². The molecule has 0 aromatic carbocycles. The number of thioether (sulfide) groups is 1. The summed E-state index contributed by atoms with van der Waals surface area (Å²) in [6.45, 7) is 2.12. The van der Waals surface area contributed by atoms with Crippen LogP contribution in [0, 0.1) is 0 Å². The molecule has 1 atom stereocenters. The van der Waals surface area contributed by atoms with Gasteiger partial charge in [0, 0.05) is 0 Å².